The molecule has 0 saturated heterocycles. The maximum atomic E-state index is 13.9. The van der Waals surface area contributed by atoms with Crippen molar-refractivity contribution in [1.29, 1.82) is 0 Å². The lowest BCUT2D eigenvalue weighted by molar-refractivity contribution is -0.123. The van der Waals surface area contributed by atoms with Crippen LogP contribution >= 0.6 is 0 Å². The van der Waals surface area contributed by atoms with Crippen molar-refractivity contribution in [3.8, 4) is 0 Å². The van der Waals surface area contributed by atoms with Gasteiger partial charge in [-0.1, -0.05) is 0 Å². The zero-order valence-electron chi connectivity index (χ0n) is 12.8. The van der Waals surface area contributed by atoms with E-state index in [4.69, 9.17) is 4.74 Å². The molecule has 0 saturated carbocycles. The summed E-state index contributed by atoms with van der Waals surface area (Å²) < 4.78 is 32.2. The standard InChI is InChI=1S/C15H22F2N2O2/c1-9-7-14(17)12(8-13(9)16)10(2)19-11(3)15(20)18-5-6-21-4/h7-8,10-11,19H,5-6H2,1-4H3,(H,18,20). The predicted octanol–water partition coefficient (Wildman–Crippen LogP) is 2.07. The third kappa shape index (κ3) is 5.06. The molecule has 0 spiro atoms. The summed E-state index contributed by atoms with van der Waals surface area (Å²) >= 11 is 0. The summed E-state index contributed by atoms with van der Waals surface area (Å²) in [5, 5.41) is 5.63. The minimum Gasteiger partial charge on any atom is -0.383 e. The number of carbonyl (C=O) groups excluding carboxylic acids is 1. The number of benzene rings is 1. The first-order chi connectivity index (χ1) is 9.86. The van der Waals surface area contributed by atoms with E-state index in [0.717, 1.165) is 12.1 Å². The van der Waals surface area contributed by atoms with Crippen molar-refractivity contribution >= 4 is 5.91 Å². The van der Waals surface area contributed by atoms with Crippen molar-refractivity contribution in [3.05, 3.63) is 34.9 Å². The summed E-state index contributed by atoms with van der Waals surface area (Å²) in [5.74, 6) is -1.16. The summed E-state index contributed by atoms with van der Waals surface area (Å²) in [4.78, 5) is 11.8. The molecule has 0 aromatic heterocycles. The van der Waals surface area contributed by atoms with E-state index in [9.17, 15) is 13.6 Å². The van der Waals surface area contributed by atoms with Crippen molar-refractivity contribution in [2.45, 2.75) is 32.9 Å². The molecule has 2 unspecified atom stereocenters. The van der Waals surface area contributed by atoms with Crippen LogP contribution in [0.1, 0.15) is 31.0 Å². The van der Waals surface area contributed by atoms with E-state index >= 15 is 0 Å². The van der Waals surface area contributed by atoms with Crippen LogP contribution in [0.5, 0.6) is 0 Å². The van der Waals surface area contributed by atoms with Gasteiger partial charge in [0.05, 0.1) is 12.6 Å². The number of nitrogens with one attached hydrogen (secondary N) is 2. The normalized spacial score (nSPS) is 13.8. The molecule has 1 aromatic carbocycles. The zero-order valence-corrected chi connectivity index (χ0v) is 12.8. The van der Waals surface area contributed by atoms with E-state index < -0.39 is 23.7 Å². The van der Waals surface area contributed by atoms with Gasteiger partial charge in [-0.3, -0.25) is 10.1 Å². The van der Waals surface area contributed by atoms with Gasteiger partial charge in [0.25, 0.3) is 0 Å². The minimum absolute atomic E-state index is 0.203. The maximum absolute atomic E-state index is 13.9. The Morgan fingerprint density at radius 1 is 1.29 bits per heavy atom. The molecule has 21 heavy (non-hydrogen) atoms. The Bertz CT molecular complexity index is 495. The Labute approximate surface area is 123 Å². The van der Waals surface area contributed by atoms with Crippen LogP contribution in [-0.2, 0) is 9.53 Å². The largest absolute Gasteiger partial charge is 0.383 e. The van der Waals surface area contributed by atoms with Gasteiger partial charge in [0, 0.05) is 25.3 Å². The zero-order chi connectivity index (χ0) is 16.0. The number of ether oxygens (including phenoxy) is 1. The molecule has 1 amide bonds. The molecule has 0 radical (unpaired) electrons. The van der Waals surface area contributed by atoms with Gasteiger partial charge < -0.3 is 10.1 Å². The molecular weight excluding hydrogens is 278 g/mol. The monoisotopic (exact) mass is 300 g/mol. The fourth-order valence-corrected chi connectivity index (χ4v) is 1.96. The van der Waals surface area contributed by atoms with Crippen LogP contribution in [0.4, 0.5) is 8.78 Å². The summed E-state index contributed by atoms with van der Waals surface area (Å²) in [7, 11) is 1.55. The second-order valence-electron chi connectivity index (χ2n) is 5.02. The number of hydrogen-bond donors (Lipinski definition) is 2. The number of hydrogen-bond acceptors (Lipinski definition) is 3. The Morgan fingerprint density at radius 2 is 1.95 bits per heavy atom. The molecule has 0 aliphatic carbocycles. The molecule has 4 nitrogen and oxygen atoms in total. The highest BCUT2D eigenvalue weighted by atomic mass is 19.1. The lowest BCUT2D eigenvalue weighted by Gasteiger charge is -2.20. The molecule has 118 valence electrons. The highest BCUT2D eigenvalue weighted by molar-refractivity contribution is 5.81. The molecule has 1 aromatic rings. The van der Waals surface area contributed by atoms with Crippen molar-refractivity contribution in [3.63, 3.8) is 0 Å². The van der Waals surface area contributed by atoms with E-state index in [2.05, 4.69) is 10.6 Å². The van der Waals surface area contributed by atoms with Crippen molar-refractivity contribution in [2.75, 3.05) is 20.3 Å². The van der Waals surface area contributed by atoms with E-state index in [1.165, 1.54) is 6.92 Å². The van der Waals surface area contributed by atoms with Crippen LogP contribution in [-0.4, -0.2) is 32.2 Å². The second kappa shape index (κ2) is 8.05. The van der Waals surface area contributed by atoms with E-state index in [1.807, 2.05) is 0 Å². The Hall–Kier alpha value is -1.53. The number of rotatable bonds is 7. The molecule has 6 heteroatoms. The molecule has 0 fully saturated rings. The molecule has 0 bridgehead atoms. The van der Waals surface area contributed by atoms with Gasteiger partial charge in [0.1, 0.15) is 11.6 Å². The van der Waals surface area contributed by atoms with Crippen LogP contribution in [0.3, 0.4) is 0 Å². The van der Waals surface area contributed by atoms with Gasteiger partial charge in [-0.05, 0) is 38.5 Å². The third-order valence-corrected chi connectivity index (χ3v) is 3.24. The van der Waals surface area contributed by atoms with Gasteiger partial charge in [0.15, 0.2) is 0 Å². The Morgan fingerprint density at radius 3 is 2.57 bits per heavy atom. The van der Waals surface area contributed by atoms with Gasteiger partial charge in [-0.25, -0.2) is 8.78 Å². The molecule has 2 atom stereocenters. The lowest BCUT2D eigenvalue weighted by atomic mass is 10.0. The van der Waals surface area contributed by atoms with Gasteiger partial charge in [-0.2, -0.15) is 0 Å². The molecule has 2 N–H and O–H groups in total. The number of carbonyl (C=O) groups is 1. The summed E-state index contributed by atoms with van der Waals surface area (Å²) in [6.45, 7) is 5.69. The SMILES string of the molecule is COCCNC(=O)C(C)NC(C)c1cc(F)c(C)cc1F. The first-order valence-corrected chi connectivity index (χ1v) is 6.85. The summed E-state index contributed by atoms with van der Waals surface area (Å²) in [6, 6.07) is 1.31. The van der Waals surface area contributed by atoms with E-state index in [1.54, 1.807) is 21.0 Å². The van der Waals surface area contributed by atoms with Gasteiger partial charge >= 0.3 is 0 Å². The number of methoxy groups -OCH3 is 1. The molecule has 0 heterocycles. The lowest BCUT2D eigenvalue weighted by Crippen LogP contribution is -2.44. The van der Waals surface area contributed by atoms with Crippen LogP contribution in [0.2, 0.25) is 0 Å². The highest BCUT2D eigenvalue weighted by Crippen LogP contribution is 2.20. The molecular formula is C15H22F2N2O2. The maximum Gasteiger partial charge on any atom is 0.236 e. The van der Waals surface area contributed by atoms with Gasteiger partial charge in [0.2, 0.25) is 5.91 Å². The van der Waals surface area contributed by atoms with Crippen molar-refractivity contribution in [2.24, 2.45) is 0 Å². The fourth-order valence-electron chi connectivity index (χ4n) is 1.96. The average Bonchev–Trinajstić information content (AvgIpc) is 2.42. The third-order valence-electron chi connectivity index (χ3n) is 3.24. The minimum atomic E-state index is -0.527. The van der Waals surface area contributed by atoms with Crippen LogP contribution < -0.4 is 10.6 Å². The first-order valence-electron chi connectivity index (χ1n) is 6.85. The van der Waals surface area contributed by atoms with Crippen molar-refractivity contribution < 1.29 is 18.3 Å². The second-order valence-corrected chi connectivity index (χ2v) is 5.02. The highest BCUT2D eigenvalue weighted by Gasteiger charge is 2.19. The Kier molecular flexibility index (Phi) is 6.71. The summed E-state index contributed by atoms with van der Waals surface area (Å²) in [5.41, 5.74) is 0.462. The number of halogens is 2. The average molecular weight is 300 g/mol. The first kappa shape index (κ1) is 17.5. The van der Waals surface area contributed by atoms with E-state index in [-0.39, 0.29) is 17.0 Å². The number of aryl methyl sites for hydroxylation is 1. The number of amides is 1. The van der Waals surface area contributed by atoms with Crippen LogP contribution in [0, 0.1) is 18.6 Å². The molecule has 1 rings (SSSR count). The van der Waals surface area contributed by atoms with Crippen molar-refractivity contribution in [1.82, 2.24) is 10.6 Å². The van der Waals surface area contributed by atoms with Crippen LogP contribution in [0.15, 0.2) is 12.1 Å². The summed E-state index contributed by atoms with van der Waals surface area (Å²) in [6.07, 6.45) is 0. The van der Waals surface area contributed by atoms with Gasteiger partial charge in [-0.15, -0.1) is 0 Å². The Balaban J connectivity index is 2.66. The van der Waals surface area contributed by atoms with E-state index in [0.29, 0.717) is 13.2 Å². The molecule has 0 aliphatic heterocycles. The fraction of sp³-hybridized carbons (Fsp3) is 0.533. The topological polar surface area (TPSA) is 50.4 Å². The predicted molar refractivity (Wildman–Crippen MR) is 77.0 cm³/mol. The smallest absolute Gasteiger partial charge is 0.236 e. The van der Waals surface area contributed by atoms with Crippen LogP contribution in [0.25, 0.3) is 0 Å². The molecule has 0 aliphatic rings. The quantitative estimate of drug-likeness (QED) is 0.758.